The number of amides is 1. The molecule has 0 saturated heterocycles. The normalized spacial score (nSPS) is 15.2. The zero-order valence-electron chi connectivity index (χ0n) is 13.0. The fourth-order valence-corrected chi connectivity index (χ4v) is 2.83. The minimum atomic E-state index is -0.381. The van der Waals surface area contributed by atoms with Crippen LogP contribution in [0.25, 0.3) is 0 Å². The number of rotatable bonds is 5. The number of methoxy groups -OCH3 is 1. The van der Waals surface area contributed by atoms with Crippen LogP contribution in [0.3, 0.4) is 0 Å². The third kappa shape index (κ3) is 3.43. The summed E-state index contributed by atoms with van der Waals surface area (Å²) in [5.41, 5.74) is 1.41. The molecule has 1 aromatic heterocycles. The first kappa shape index (κ1) is 15.5. The van der Waals surface area contributed by atoms with E-state index in [1.54, 1.807) is 16.6 Å². The standard InChI is InChI=1S/C15H23N3O3/c1-4-11-9-13(17(2)16-11)15(20)18(10-14(19)21-3)12-7-5-6-8-12/h9,12H,4-8,10H2,1-3H3. The van der Waals surface area contributed by atoms with Crippen molar-refractivity contribution in [1.29, 1.82) is 0 Å². The molecule has 1 heterocycles. The summed E-state index contributed by atoms with van der Waals surface area (Å²) in [5, 5.41) is 4.31. The molecule has 1 aromatic rings. The third-order valence-electron chi connectivity index (χ3n) is 4.07. The molecule has 6 heteroatoms. The molecule has 1 aliphatic carbocycles. The number of nitrogens with zero attached hydrogens (tertiary/aromatic N) is 3. The minimum Gasteiger partial charge on any atom is -0.468 e. The minimum absolute atomic E-state index is 0.00659. The van der Waals surface area contributed by atoms with E-state index in [0.29, 0.717) is 5.69 Å². The van der Waals surface area contributed by atoms with E-state index >= 15 is 0 Å². The highest BCUT2D eigenvalue weighted by molar-refractivity contribution is 5.95. The van der Waals surface area contributed by atoms with Crippen molar-refractivity contribution < 1.29 is 14.3 Å². The second-order valence-corrected chi connectivity index (χ2v) is 5.45. The number of ether oxygens (including phenoxy) is 1. The van der Waals surface area contributed by atoms with Crippen LogP contribution >= 0.6 is 0 Å². The van der Waals surface area contributed by atoms with Crippen molar-refractivity contribution in [2.75, 3.05) is 13.7 Å². The van der Waals surface area contributed by atoms with E-state index in [2.05, 4.69) is 5.10 Å². The second kappa shape index (κ2) is 6.74. The molecule has 0 N–H and O–H groups in total. The monoisotopic (exact) mass is 293 g/mol. The topological polar surface area (TPSA) is 64.4 Å². The van der Waals surface area contributed by atoms with Gasteiger partial charge in [-0.15, -0.1) is 0 Å². The summed E-state index contributed by atoms with van der Waals surface area (Å²) < 4.78 is 6.33. The predicted octanol–water partition coefficient (Wildman–Crippen LogP) is 1.54. The molecule has 21 heavy (non-hydrogen) atoms. The summed E-state index contributed by atoms with van der Waals surface area (Å²) >= 11 is 0. The zero-order chi connectivity index (χ0) is 15.4. The molecule has 0 unspecified atom stereocenters. The van der Waals surface area contributed by atoms with Gasteiger partial charge in [0.15, 0.2) is 0 Å². The van der Waals surface area contributed by atoms with Crippen LogP contribution in [0.5, 0.6) is 0 Å². The van der Waals surface area contributed by atoms with Crippen molar-refractivity contribution in [2.24, 2.45) is 7.05 Å². The Hall–Kier alpha value is -1.85. The first-order chi connectivity index (χ1) is 10.1. The number of aromatic nitrogens is 2. The summed E-state index contributed by atoms with van der Waals surface area (Å²) in [6.07, 6.45) is 4.87. The van der Waals surface area contributed by atoms with Crippen molar-refractivity contribution in [3.05, 3.63) is 17.5 Å². The lowest BCUT2D eigenvalue weighted by molar-refractivity contribution is -0.141. The Morgan fingerprint density at radius 2 is 2.10 bits per heavy atom. The van der Waals surface area contributed by atoms with Gasteiger partial charge in [-0.3, -0.25) is 14.3 Å². The van der Waals surface area contributed by atoms with Crippen molar-refractivity contribution in [3.8, 4) is 0 Å². The second-order valence-electron chi connectivity index (χ2n) is 5.45. The van der Waals surface area contributed by atoms with Gasteiger partial charge in [-0.25, -0.2) is 0 Å². The number of hydrogen-bond acceptors (Lipinski definition) is 4. The average Bonchev–Trinajstić information content (AvgIpc) is 3.12. The van der Waals surface area contributed by atoms with Crippen LogP contribution in [0.4, 0.5) is 0 Å². The van der Waals surface area contributed by atoms with Crippen LogP contribution in [0.2, 0.25) is 0 Å². The van der Waals surface area contributed by atoms with Crippen LogP contribution in [-0.4, -0.2) is 46.3 Å². The van der Waals surface area contributed by atoms with Gasteiger partial charge in [-0.05, 0) is 25.3 Å². The van der Waals surface area contributed by atoms with Crippen LogP contribution < -0.4 is 0 Å². The number of carbonyl (C=O) groups is 2. The van der Waals surface area contributed by atoms with Crippen LogP contribution in [0.1, 0.15) is 48.8 Å². The van der Waals surface area contributed by atoms with Gasteiger partial charge in [0, 0.05) is 13.1 Å². The van der Waals surface area contributed by atoms with Gasteiger partial charge in [0.25, 0.3) is 5.91 Å². The molecule has 0 bridgehead atoms. The fourth-order valence-electron chi connectivity index (χ4n) is 2.83. The average molecular weight is 293 g/mol. The van der Waals surface area contributed by atoms with E-state index in [1.165, 1.54) is 7.11 Å². The number of aryl methyl sites for hydroxylation is 2. The molecule has 1 aliphatic rings. The van der Waals surface area contributed by atoms with Crippen molar-refractivity contribution in [3.63, 3.8) is 0 Å². The lowest BCUT2D eigenvalue weighted by atomic mass is 10.2. The molecule has 2 rings (SSSR count). The highest BCUT2D eigenvalue weighted by Gasteiger charge is 2.31. The van der Waals surface area contributed by atoms with Gasteiger partial charge in [-0.2, -0.15) is 5.10 Å². The molecular weight excluding hydrogens is 270 g/mol. The quantitative estimate of drug-likeness (QED) is 0.773. The Kier molecular flexibility index (Phi) is 4.98. The number of esters is 1. The van der Waals surface area contributed by atoms with E-state index in [1.807, 2.05) is 13.0 Å². The van der Waals surface area contributed by atoms with E-state index in [0.717, 1.165) is 37.8 Å². The molecule has 0 aliphatic heterocycles. The predicted molar refractivity (Wildman–Crippen MR) is 77.9 cm³/mol. The maximum absolute atomic E-state index is 12.8. The highest BCUT2D eigenvalue weighted by atomic mass is 16.5. The molecule has 1 saturated carbocycles. The van der Waals surface area contributed by atoms with Gasteiger partial charge in [0.1, 0.15) is 12.2 Å². The molecule has 0 aromatic carbocycles. The lowest BCUT2D eigenvalue weighted by Crippen LogP contribution is -2.43. The van der Waals surface area contributed by atoms with Gasteiger partial charge in [-0.1, -0.05) is 19.8 Å². The molecule has 0 spiro atoms. The smallest absolute Gasteiger partial charge is 0.325 e. The lowest BCUT2D eigenvalue weighted by Gasteiger charge is -2.27. The Balaban J connectivity index is 2.23. The van der Waals surface area contributed by atoms with Gasteiger partial charge in [0.05, 0.1) is 12.8 Å². The summed E-state index contributed by atoms with van der Waals surface area (Å²) in [5.74, 6) is -0.518. The zero-order valence-corrected chi connectivity index (χ0v) is 13.0. The maximum Gasteiger partial charge on any atom is 0.325 e. The number of carbonyl (C=O) groups excluding carboxylic acids is 2. The number of hydrogen-bond donors (Lipinski definition) is 0. The first-order valence-corrected chi connectivity index (χ1v) is 7.47. The molecule has 116 valence electrons. The molecule has 1 fully saturated rings. The molecule has 0 atom stereocenters. The summed E-state index contributed by atoms with van der Waals surface area (Å²) in [6.45, 7) is 2.01. The van der Waals surface area contributed by atoms with Crippen molar-refractivity contribution >= 4 is 11.9 Å². The summed E-state index contributed by atoms with van der Waals surface area (Å²) in [6, 6.07) is 1.93. The third-order valence-corrected chi connectivity index (χ3v) is 4.07. The van der Waals surface area contributed by atoms with Crippen LogP contribution in [0.15, 0.2) is 6.07 Å². The van der Waals surface area contributed by atoms with Crippen molar-refractivity contribution in [1.82, 2.24) is 14.7 Å². The van der Waals surface area contributed by atoms with E-state index in [-0.39, 0.29) is 24.5 Å². The Morgan fingerprint density at radius 3 is 2.62 bits per heavy atom. The van der Waals surface area contributed by atoms with Gasteiger partial charge >= 0.3 is 5.97 Å². The van der Waals surface area contributed by atoms with Gasteiger partial charge < -0.3 is 9.64 Å². The molecule has 1 amide bonds. The largest absolute Gasteiger partial charge is 0.468 e. The fraction of sp³-hybridized carbons (Fsp3) is 0.667. The van der Waals surface area contributed by atoms with E-state index in [4.69, 9.17) is 4.74 Å². The van der Waals surface area contributed by atoms with E-state index in [9.17, 15) is 9.59 Å². The van der Waals surface area contributed by atoms with Crippen molar-refractivity contribution in [2.45, 2.75) is 45.1 Å². The highest BCUT2D eigenvalue weighted by Crippen LogP contribution is 2.25. The first-order valence-electron chi connectivity index (χ1n) is 7.47. The Morgan fingerprint density at radius 1 is 1.43 bits per heavy atom. The molecular formula is C15H23N3O3. The van der Waals surface area contributed by atoms with E-state index < -0.39 is 0 Å². The molecule has 6 nitrogen and oxygen atoms in total. The SMILES string of the molecule is CCc1cc(C(=O)N(CC(=O)OC)C2CCCC2)n(C)n1. The maximum atomic E-state index is 12.8. The van der Waals surface area contributed by atoms with Crippen LogP contribution in [0, 0.1) is 0 Å². The Bertz CT molecular complexity index is 518. The van der Waals surface area contributed by atoms with Crippen LogP contribution in [-0.2, 0) is 23.0 Å². The van der Waals surface area contributed by atoms with Gasteiger partial charge in [0.2, 0.25) is 0 Å². The Labute approximate surface area is 125 Å². The summed E-state index contributed by atoms with van der Waals surface area (Å²) in [7, 11) is 3.11. The molecule has 0 radical (unpaired) electrons. The summed E-state index contributed by atoms with van der Waals surface area (Å²) in [4.78, 5) is 26.1.